The highest BCUT2D eigenvalue weighted by Gasteiger charge is 2.17. The van der Waals surface area contributed by atoms with Crippen molar-refractivity contribution in [3.63, 3.8) is 0 Å². The largest absolute Gasteiger partial charge is 0.392 e. The van der Waals surface area contributed by atoms with E-state index in [-0.39, 0.29) is 16.7 Å². The average Bonchev–Trinajstić information content (AvgIpc) is 2.41. The minimum absolute atomic E-state index is 0.169. The smallest absolute Gasteiger partial charge is 0.196 e. The lowest BCUT2D eigenvalue weighted by Gasteiger charge is -2.06. The second kappa shape index (κ2) is 5.06. The summed E-state index contributed by atoms with van der Waals surface area (Å²) in [5, 5.41) is 8.80. The third-order valence-electron chi connectivity index (χ3n) is 2.59. The summed E-state index contributed by atoms with van der Waals surface area (Å²) >= 11 is 0. The number of hydrogen-bond acceptors (Lipinski definition) is 2. The van der Waals surface area contributed by atoms with Gasteiger partial charge in [-0.2, -0.15) is 0 Å². The van der Waals surface area contributed by atoms with Crippen molar-refractivity contribution >= 4 is 5.78 Å². The van der Waals surface area contributed by atoms with Crippen molar-refractivity contribution in [3.8, 4) is 0 Å². The number of benzene rings is 2. The average molecular weight is 248 g/mol. The fourth-order valence-corrected chi connectivity index (χ4v) is 1.63. The summed E-state index contributed by atoms with van der Waals surface area (Å²) in [5.74, 6) is -2.22. The standard InChI is InChI=1S/C14H10F2O2/c15-12-7-11(13(16)6-10(12)8-17)14(18)9-4-2-1-3-5-9/h1-7,17H,8H2. The molecule has 18 heavy (non-hydrogen) atoms. The van der Waals surface area contributed by atoms with Gasteiger partial charge in [0.15, 0.2) is 5.78 Å². The van der Waals surface area contributed by atoms with Crippen molar-refractivity contribution in [2.45, 2.75) is 6.61 Å². The van der Waals surface area contributed by atoms with E-state index in [0.29, 0.717) is 0 Å². The maximum Gasteiger partial charge on any atom is 0.196 e. The molecule has 0 aliphatic carbocycles. The van der Waals surface area contributed by atoms with Crippen LogP contribution in [0, 0.1) is 11.6 Å². The molecular weight excluding hydrogens is 238 g/mol. The molecule has 1 N–H and O–H groups in total. The van der Waals surface area contributed by atoms with Gasteiger partial charge in [-0.3, -0.25) is 4.79 Å². The Morgan fingerprint density at radius 3 is 2.33 bits per heavy atom. The summed E-state index contributed by atoms with van der Waals surface area (Å²) in [4.78, 5) is 11.9. The van der Waals surface area contributed by atoms with E-state index in [4.69, 9.17) is 5.11 Å². The molecule has 0 saturated heterocycles. The second-order valence-corrected chi connectivity index (χ2v) is 3.78. The first-order valence-electron chi connectivity index (χ1n) is 5.32. The van der Waals surface area contributed by atoms with Crippen LogP contribution in [0.15, 0.2) is 42.5 Å². The van der Waals surface area contributed by atoms with Crippen LogP contribution in [0.25, 0.3) is 0 Å². The number of rotatable bonds is 3. The summed E-state index contributed by atoms with van der Waals surface area (Å²) in [7, 11) is 0. The first-order chi connectivity index (χ1) is 8.63. The Bertz CT molecular complexity index is 580. The number of ketones is 1. The van der Waals surface area contributed by atoms with Crippen LogP contribution in [0.5, 0.6) is 0 Å². The third kappa shape index (κ3) is 2.28. The third-order valence-corrected chi connectivity index (χ3v) is 2.59. The Hall–Kier alpha value is -2.07. The molecule has 0 aromatic heterocycles. The van der Waals surface area contributed by atoms with Crippen LogP contribution in [-0.2, 0) is 6.61 Å². The normalized spacial score (nSPS) is 10.4. The van der Waals surface area contributed by atoms with Gasteiger partial charge in [0.1, 0.15) is 11.6 Å². The zero-order valence-corrected chi connectivity index (χ0v) is 9.36. The molecule has 0 fully saturated rings. The number of hydrogen-bond donors (Lipinski definition) is 1. The first kappa shape index (κ1) is 12.4. The van der Waals surface area contributed by atoms with Gasteiger partial charge >= 0.3 is 0 Å². The van der Waals surface area contributed by atoms with Crippen LogP contribution in [0.2, 0.25) is 0 Å². The van der Waals surface area contributed by atoms with Crippen molar-refractivity contribution in [1.29, 1.82) is 0 Å². The van der Waals surface area contributed by atoms with Crippen molar-refractivity contribution in [2.75, 3.05) is 0 Å². The summed E-state index contributed by atoms with van der Waals surface area (Å²) in [5.41, 5.74) is -0.222. The zero-order valence-electron chi connectivity index (χ0n) is 9.36. The Labute approximate surface area is 103 Å². The maximum absolute atomic E-state index is 13.7. The van der Waals surface area contributed by atoms with Gasteiger partial charge < -0.3 is 5.11 Å². The molecule has 92 valence electrons. The van der Waals surface area contributed by atoms with E-state index in [9.17, 15) is 13.6 Å². The van der Waals surface area contributed by atoms with Crippen LogP contribution in [0.1, 0.15) is 21.5 Å². The molecular formula is C14H10F2O2. The Kier molecular flexibility index (Phi) is 3.48. The molecule has 2 aromatic rings. The molecule has 0 saturated carbocycles. The molecule has 2 nitrogen and oxygen atoms in total. The Morgan fingerprint density at radius 1 is 1.06 bits per heavy atom. The number of aliphatic hydroxyl groups excluding tert-OH is 1. The van der Waals surface area contributed by atoms with Crippen LogP contribution < -0.4 is 0 Å². The molecule has 2 aromatic carbocycles. The molecule has 0 heterocycles. The highest BCUT2D eigenvalue weighted by atomic mass is 19.1. The summed E-state index contributed by atoms with van der Waals surface area (Å²) in [6, 6.07) is 9.72. The fraction of sp³-hybridized carbons (Fsp3) is 0.0714. The van der Waals surface area contributed by atoms with Gasteiger partial charge in [-0.25, -0.2) is 8.78 Å². The first-order valence-corrected chi connectivity index (χ1v) is 5.32. The molecule has 4 heteroatoms. The van der Waals surface area contributed by atoms with Gasteiger partial charge in [-0.1, -0.05) is 30.3 Å². The fourth-order valence-electron chi connectivity index (χ4n) is 1.63. The van der Waals surface area contributed by atoms with Crippen LogP contribution >= 0.6 is 0 Å². The highest BCUT2D eigenvalue weighted by Crippen LogP contribution is 2.18. The van der Waals surface area contributed by atoms with Crippen LogP contribution in [-0.4, -0.2) is 10.9 Å². The van der Waals surface area contributed by atoms with Gasteiger partial charge in [-0.15, -0.1) is 0 Å². The molecule has 0 spiro atoms. The minimum Gasteiger partial charge on any atom is -0.392 e. The summed E-state index contributed by atoms with van der Waals surface area (Å²) in [6.07, 6.45) is 0. The quantitative estimate of drug-likeness (QED) is 0.848. The molecule has 0 aliphatic heterocycles. The van der Waals surface area contributed by atoms with Crippen molar-refractivity contribution in [1.82, 2.24) is 0 Å². The molecule has 0 radical (unpaired) electrons. The second-order valence-electron chi connectivity index (χ2n) is 3.78. The monoisotopic (exact) mass is 248 g/mol. The lowest BCUT2D eigenvalue weighted by atomic mass is 10.0. The van der Waals surface area contributed by atoms with Gasteiger partial charge in [-0.05, 0) is 12.1 Å². The highest BCUT2D eigenvalue weighted by molar-refractivity contribution is 6.09. The van der Waals surface area contributed by atoms with Gasteiger partial charge in [0.05, 0.1) is 12.2 Å². The molecule has 2 rings (SSSR count). The number of carbonyl (C=O) groups excluding carboxylic acids is 1. The van der Waals surface area contributed by atoms with Crippen LogP contribution in [0.4, 0.5) is 8.78 Å². The van der Waals surface area contributed by atoms with Gasteiger partial charge in [0.2, 0.25) is 0 Å². The van der Waals surface area contributed by atoms with Gasteiger partial charge in [0.25, 0.3) is 0 Å². The van der Waals surface area contributed by atoms with E-state index < -0.39 is 24.0 Å². The molecule has 0 amide bonds. The van der Waals surface area contributed by atoms with E-state index in [2.05, 4.69) is 0 Å². The molecule has 0 aliphatic rings. The minimum atomic E-state index is -0.839. The molecule has 0 bridgehead atoms. The SMILES string of the molecule is O=C(c1ccccc1)c1cc(F)c(CO)cc1F. The maximum atomic E-state index is 13.7. The molecule has 0 atom stereocenters. The topological polar surface area (TPSA) is 37.3 Å². The van der Waals surface area contributed by atoms with Crippen molar-refractivity contribution in [2.24, 2.45) is 0 Å². The lowest BCUT2D eigenvalue weighted by Crippen LogP contribution is -2.06. The lowest BCUT2D eigenvalue weighted by molar-refractivity contribution is 0.103. The number of aliphatic hydroxyl groups is 1. The summed E-state index contributed by atoms with van der Waals surface area (Å²) in [6.45, 7) is -0.609. The van der Waals surface area contributed by atoms with E-state index in [1.54, 1.807) is 18.2 Å². The van der Waals surface area contributed by atoms with E-state index in [0.717, 1.165) is 12.1 Å². The number of halogens is 2. The zero-order chi connectivity index (χ0) is 13.1. The van der Waals surface area contributed by atoms with E-state index >= 15 is 0 Å². The predicted octanol–water partition coefficient (Wildman–Crippen LogP) is 2.69. The molecule has 0 unspecified atom stereocenters. The van der Waals surface area contributed by atoms with Crippen molar-refractivity contribution < 1.29 is 18.7 Å². The van der Waals surface area contributed by atoms with Crippen LogP contribution in [0.3, 0.4) is 0 Å². The Morgan fingerprint density at radius 2 is 1.72 bits per heavy atom. The van der Waals surface area contributed by atoms with Crippen molar-refractivity contribution in [3.05, 3.63) is 70.8 Å². The Balaban J connectivity index is 2.46. The predicted molar refractivity (Wildman–Crippen MR) is 62.2 cm³/mol. The van der Waals surface area contributed by atoms with E-state index in [1.807, 2.05) is 0 Å². The summed E-state index contributed by atoms with van der Waals surface area (Å²) < 4.78 is 27.1. The number of carbonyl (C=O) groups is 1. The van der Waals surface area contributed by atoms with Gasteiger partial charge in [0, 0.05) is 11.1 Å². The van der Waals surface area contributed by atoms with E-state index in [1.165, 1.54) is 12.1 Å².